The molecule has 1 N–H and O–H groups in total. The Bertz CT molecular complexity index is 1670. The van der Waals surface area contributed by atoms with Gasteiger partial charge in [-0.1, -0.05) is 133 Å². The molecule has 0 aromatic heterocycles. The highest BCUT2D eigenvalue weighted by Crippen LogP contribution is 2.33. The molecule has 0 saturated carbocycles. The predicted molar refractivity (Wildman–Crippen MR) is 194 cm³/mol. The number of aliphatic hydroxyl groups excluding tert-OH is 1. The van der Waals surface area contributed by atoms with Crippen molar-refractivity contribution in [2.75, 3.05) is 13.7 Å². The topological polar surface area (TPSA) is 84.8 Å². The quantitative estimate of drug-likeness (QED) is 0.103. The van der Waals surface area contributed by atoms with Crippen LogP contribution in [0.3, 0.4) is 0 Å². The zero-order valence-corrected chi connectivity index (χ0v) is 28.9. The number of methoxy groups -OCH3 is 1. The van der Waals surface area contributed by atoms with Gasteiger partial charge in [-0.3, -0.25) is 0 Å². The molecule has 1 fully saturated rings. The fraction of sp³-hybridized carbons (Fsp3) is 0.302. The lowest BCUT2D eigenvalue weighted by molar-refractivity contribution is -0.338. The van der Waals surface area contributed by atoms with Crippen LogP contribution in [0.2, 0.25) is 0 Å². The third-order valence-electron chi connectivity index (χ3n) is 8.74. The van der Waals surface area contributed by atoms with E-state index in [-0.39, 0.29) is 33.0 Å². The van der Waals surface area contributed by atoms with Gasteiger partial charge < -0.3 is 38.3 Å². The Balaban J connectivity index is 1.30. The molecule has 6 rings (SSSR count). The minimum atomic E-state index is -1.07. The maximum Gasteiger partial charge on any atom is 0.187 e. The summed E-state index contributed by atoms with van der Waals surface area (Å²) in [6, 6.07) is 47.3. The molecule has 266 valence electrons. The number of rotatable bonds is 18. The van der Waals surface area contributed by atoms with Crippen LogP contribution < -0.4 is 4.74 Å². The van der Waals surface area contributed by atoms with Gasteiger partial charge in [0.1, 0.15) is 36.3 Å². The van der Waals surface area contributed by atoms with Gasteiger partial charge in [0.2, 0.25) is 0 Å². The summed E-state index contributed by atoms with van der Waals surface area (Å²) in [7, 11) is 1.64. The van der Waals surface area contributed by atoms with Crippen LogP contribution >= 0.6 is 0 Å². The molecule has 1 saturated heterocycles. The third-order valence-corrected chi connectivity index (χ3v) is 8.74. The van der Waals surface area contributed by atoms with Crippen molar-refractivity contribution in [3.05, 3.63) is 173 Å². The summed E-state index contributed by atoms with van der Waals surface area (Å²) < 4.78 is 44.7. The summed E-state index contributed by atoms with van der Waals surface area (Å²) in [5.74, 6) is 0.758. The lowest BCUT2D eigenvalue weighted by Crippen LogP contribution is -2.63. The van der Waals surface area contributed by atoms with Crippen molar-refractivity contribution in [1.29, 1.82) is 0 Å². The molecule has 8 nitrogen and oxygen atoms in total. The summed E-state index contributed by atoms with van der Waals surface area (Å²) in [5.41, 5.74) is 4.89. The summed E-state index contributed by atoms with van der Waals surface area (Å²) in [4.78, 5) is 0. The van der Waals surface area contributed by atoms with Gasteiger partial charge in [-0.05, 0) is 39.9 Å². The second-order valence-corrected chi connectivity index (χ2v) is 12.5. The van der Waals surface area contributed by atoms with E-state index < -0.39 is 36.8 Å². The van der Waals surface area contributed by atoms with Gasteiger partial charge >= 0.3 is 0 Å². The molecule has 1 heterocycles. The molecule has 5 aromatic carbocycles. The van der Waals surface area contributed by atoms with Gasteiger partial charge in [0.05, 0.1) is 46.8 Å². The van der Waals surface area contributed by atoms with Gasteiger partial charge in [0.25, 0.3) is 0 Å². The third kappa shape index (κ3) is 10.8. The minimum Gasteiger partial charge on any atom is -0.497 e. The highest BCUT2D eigenvalue weighted by Gasteiger charge is 2.51. The first-order chi connectivity index (χ1) is 25.2. The Morgan fingerprint density at radius 3 is 1.39 bits per heavy atom. The van der Waals surface area contributed by atoms with E-state index in [1.165, 1.54) is 0 Å². The number of hydrogen-bond donors (Lipinski definition) is 1. The van der Waals surface area contributed by atoms with E-state index in [4.69, 9.17) is 33.2 Å². The Hall–Kier alpha value is -4.38. The SMILES string of the molecule is COc1ccc(CO[C@H]2[C@@H](OCc3ccccc3)O[C@H]([C@@H](O)COCc3ccccc3)[C@@H](OCc3ccccc3)[C@@H]2OCc2ccccc2)cc1. The summed E-state index contributed by atoms with van der Waals surface area (Å²) in [6.45, 7) is 1.44. The van der Waals surface area contributed by atoms with Crippen LogP contribution in [0.4, 0.5) is 0 Å². The lowest BCUT2D eigenvalue weighted by Gasteiger charge is -2.47. The van der Waals surface area contributed by atoms with Crippen molar-refractivity contribution in [1.82, 2.24) is 0 Å². The molecule has 5 aromatic rings. The van der Waals surface area contributed by atoms with E-state index in [1.54, 1.807) is 7.11 Å². The van der Waals surface area contributed by atoms with Crippen LogP contribution in [0, 0.1) is 0 Å². The first-order valence-corrected chi connectivity index (χ1v) is 17.3. The monoisotopic (exact) mass is 690 g/mol. The second-order valence-electron chi connectivity index (χ2n) is 12.5. The van der Waals surface area contributed by atoms with E-state index in [1.807, 2.05) is 146 Å². The second kappa shape index (κ2) is 19.3. The highest BCUT2D eigenvalue weighted by molar-refractivity contribution is 5.27. The van der Waals surface area contributed by atoms with E-state index in [9.17, 15) is 5.11 Å². The van der Waals surface area contributed by atoms with E-state index >= 15 is 0 Å². The van der Waals surface area contributed by atoms with Crippen LogP contribution in [-0.2, 0) is 61.5 Å². The molecular formula is C43H46O8. The summed E-state index contributed by atoms with van der Waals surface area (Å²) >= 11 is 0. The average molecular weight is 691 g/mol. The molecule has 0 bridgehead atoms. The van der Waals surface area contributed by atoms with Crippen molar-refractivity contribution in [3.63, 3.8) is 0 Å². The van der Waals surface area contributed by atoms with E-state index in [0.717, 1.165) is 33.6 Å². The maximum atomic E-state index is 11.8. The van der Waals surface area contributed by atoms with E-state index in [2.05, 4.69) is 0 Å². The zero-order chi connectivity index (χ0) is 35.1. The fourth-order valence-corrected chi connectivity index (χ4v) is 6.00. The molecule has 8 heteroatoms. The number of benzene rings is 5. The summed E-state index contributed by atoms with van der Waals surface area (Å²) in [6.07, 6.45) is -5.02. The molecule has 0 amide bonds. The van der Waals surface area contributed by atoms with Gasteiger partial charge in [-0.2, -0.15) is 0 Å². The van der Waals surface area contributed by atoms with Crippen molar-refractivity contribution < 1.29 is 38.3 Å². The van der Waals surface area contributed by atoms with Gasteiger partial charge in [-0.25, -0.2) is 0 Å². The Labute approximate surface area is 300 Å². The minimum absolute atomic E-state index is 0.0128. The molecule has 51 heavy (non-hydrogen) atoms. The number of aliphatic hydroxyl groups is 1. The van der Waals surface area contributed by atoms with Gasteiger partial charge in [-0.15, -0.1) is 0 Å². The molecule has 0 unspecified atom stereocenters. The highest BCUT2D eigenvalue weighted by atomic mass is 16.7. The molecule has 0 radical (unpaired) electrons. The smallest absolute Gasteiger partial charge is 0.187 e. The molecule has 6 atom stereocenters. The van der Waals surface area contributed by atoms with Crippen LogP contribution in [0.15, 0.2) is 146 Å². The Kier molecular flexibility index (Phi) is 13.8. The van der Waals surface area contributed by atoms with Crippen LogP contribution in [0.1, 0.15) is 27.8 Å². The maximum absolute atomic E-state index is 11.8. The first kappa shape index (κ1) is 36.4. The normalized spacial score (nSPS) is 20.9. The summed E-state index contributed by atoms with van der Waals surface area (Å²) in [5, 5.41) is 11.8. The lowest BCUT2D eigenvalue weighted by atomic mass is 9.94. The molecule has 1 aliphatic heterocycles. The zero-order valence-electron chi connectivity index (χ0n) is 28.9. The van der Waals surface area contributed by atoms with Crippen molar-refractivity contribution in [3.8, 4) is 5.75 Å². The number of hydrogen-bond acceptors (Lipinski definition) is 8. The predicted octanol–water partition coefficient (Wildman–Crippen LogP) is 7.27. The average Bonchev–Trinajstić information content (AvgIpc) is 3.19. The Morgan fingerprint density at radius 2 is 0.902 bits per heavy atom. The Morgan fingerprint density at radius 1 is 0.490 bits per heavy atom. The molecule has 1 aliphatic rings. The fourth-order valence-electron chi connectivity index (χ4n) is 6.00. The molecule has 0 spiro atoms. The van der Waals surface area contributed by atoms with Crippen molar-refractivity contribution in [2.24, 2.45) is 0 Å². The van der Waals surface area contributed by atoms with Crippen LogP contribution in [0.25, 0.3) is 0 Å². The van der Waals surface area contributed by atoms with Crippen LogP contribution in [-0.4, -0.2) is 55.6 Å². The van der Waals surface area contributed by atoms with Crippen molar-refractivity contribution in [2.45, 2.75) is 69.8 Å². The van der Waals surface area contributed by atoms with E-state index in [0.29, 0.717) is 6.61 Å². The largest absolute Gasteiger partial charge is 0.497 e. The first-order valence-electron chi connectivity index (χ1n) is 17.3. The molecule has 0 aliphatic carbocycles. The van der Waals surface area contributed by atoms with Crippen LogP contribution in [0.5, 0.6) is 5.75 Å². The van der Waals surface area contributed by atoms with Gasteiger partial charge in [0.15, 0.2) is 6.29 Å². The van der Waals surface area contributed by atoms with Gasteiger partial charge in [0, 0.05) is 0 Å². The standard InChI is InChI=1S/C43H46O8/c1-45-37-24-22-36(23-25-37)29-49-42-41(48-28-34-18-10-4-11-19-34)40(47-27-33-16-8-3-9-17-33)39(38(44)31-46-26-32-14-6-2-7-15-32)51-43(42)50-30-35-20-12-5-13-21-35/h2-25,38-44H,26-31H2,1H3/t38-,39+,40+,41-,42+,43-/m0/s1. The van der Waals surface area contributed by atoms with Crippen molar-refractivity contribution >= 4 is 0 Å². The molecular weight excluding hydrogens is 644 g/mol. The number of ether oxygens (including phenoxy) is 7.